The van der Waals surface area contributed by atoms with Gasteiger partial charge in [-0.25, -0.2) is 0 Å². The molecule has 1 amide bonds. The predicted octanol–water partition coefficient (Wildman–Crippen LogP) is 4.42. The lowest BCUT2D eigenvalue weighted by Gasteiger charge is -2.44. The molecule has 2 N–H and O–H groups in total. The second-order valence-electron chi connectivity index (χ2n) is 8.49. The van der Waals surface area contributed by atoms with E-state index in [1.165, 1.54) is 0 Å². The molecule has 154 valence electrons. The largest absolute Gasteiger partial charge is 0.358 e. The monoisotopic (exact) mass is 409 g/mol. The first-order valence-corrected chi connectivity index (χ1v) is 10.7. The van der Waals surface area contributed by atoms with Crippen molar-refractivity contribution in [1.82, 2.24) is 15.5 Å². The first kappa shape index (κ1) is 21.3. The molecule has 1 heterocycles. The van der Waals surface area contributed by atoms with E-state index in [-0.39, 0.29) is 17.5 Å². The van der Waals surface area contributed by atoms with Crippen molar-refractivity contribution in [3.8, 4) is 0 Å². The molecule has 5 heteroatoms. The zero-order valence-corrected chi connectivity index (χ0v) is 18.3. The minimum Gasteiger partial charge on any atom is -0.358 e. The SMILES string of the molecule is CC1CC(C)(C)NC(=S)N1CCCC(=O)NC(c1ccccc1)c1ccccc1. The van der Waals surface area contributed by atoms with Crippen LogP contribution in [0.1, 0.15) is 57.2 Å². The van der Waals surface area contributed by atoms with E-state index in [1.54, 1.807) is 0 Å². The Hall–Kier alpha value is -2.40. The minimum absolute atomic E-state index is 0.0307. The first-order chi connectivity index (χ1) is 13.9. The average Bonchev–Trinajstić information content (AvgIpc) is 2.69. The van der Waals surface area contributed by atoms with Gasteiger partial charge in [0.25, 0.3) is 0 Å². The summed E-state index contributed by atoms with van der Waals surface area (Å²) in [5.74, 6) is 0.0616. The molecule has 0 saturated carbocycles. The van der Waals surface area contributed by atoms with E-state index in [2.05, 4.69) is 60.6 Å². The summed E-state index contributed by atoms with van der Waals surface area (Å²) < 4.78 is 0. The Labute approximate surface area is 179 Å². The number of carbonyl (C=O) groups is 1. The third-order valence-electron chi connectivity index (χ3n) is 5.42. The maximum Gasteiger partial charge on any atom is 0.220 e. The Morgan fingerprint density at radius 3 is 2.21 bits per heavy atom. The van der Waals surface area contributed by atoms with Gasteiger partial charge in [0.05, 0.1) is 6.04 Å². The van der Waals surface area contributed by atoms with Crippen molar-refractivity contribution in [2.45, 2.75) is 57.7 Å². The van der Waals surface area contributed by atoms with Crippen molar-refractivity contribution in [3.63, 3.8) is 0 Å². The maximum absolute atomic E-state index is 12.7. The van der Waals surface area contributed by atoms with Crippen LogP contribution in [-0.4, -0.2) is 34.0 Å². The van der Waals surface area contributed by atoms with Crippen LogP contribution < -0.4 is 10.6 Å². The molecule has 0 bridgehead atoms. The van der Waals surface area contributed by atoms with Crippen LogP contribution in [-0.2, 0) is 4.79 Å². The number of nitrogens with zero attached hydrogens (tertiary/aromatic N) is 1. The number of rotatable bonds is 7. The molecular formula is C24H31N3OS. The zero-order valence-electron chi connectivity index (χ0n) is 17.5. The molecule has 2 aromatic carbocycles. The van der Waals surface area contributed by atoms with E-state index < -0.39 is 0 Å². The predicted molar refractivity (Wildman–Crippen MR) is 123 cm³/mol. The molecule has 1 aliphatic heterocycles. The Kier molecular flexibility index (Phi) is 6.91. The van der Waals surface area contributed by atoms with Gasteiger partial charge in [-0.2, -0.15) is 0 Å². The summed E-state index contributed by atoms with van der Waals surface area (Å²) in [5, 5.41) is 7.42. The van der Waals surface area contributed by atoms with E-state index in [1.807, 2.05) is 36.4 Å². The van der Waals surface area contributed by atoms with Crippen LogP contribution in [0.3, 0.4) is 0 Å². The highest BCUT2D eigenvalue weighted by Crippen LogP contribution is 2.23. The fraction of sp³-hybridized carbons (Fsp3) is 0.417. The van der Waals surface area contributed by atoms with Crippen LogP contribution in [0.5, 0.6) is 0 Å². The van der Waals surface area contributed by atoms with Gasteiger partial charge in [0.1, 0.15) is 0 Å². The molecule has 1 fully saturated rings. The van der Waals surface area contributed by atoms with Gasteiger partial charge >= 0.3 is 0 Å². The van der Waals surface area contributed by atoms with Crippen molar-refractivity contribution < 1.29 is 4.79 Å². The fourth-order valence-electron chi connectivity index (χ4n) is 4.08. The van der Waals surface area contributed by atoms with Gasteiger partial charge < -0.3 is 15.5 Å². The summed E-state index contributed by atoms with van der Waals surface area (Å²) in [6, 6.07) is 20.5. The number of hydrogen-bond donors (Lipinski definition) is 2. The topological polar surface area (TPSA) is 44.4 Å². The number of thiocarbonyl (C=S) groups is 1. The van der Waals surface area contributed by atoms with Crippen LogP contribution in [0.25, 0.3) is 0 Å². The van der Waals surface area contributed by atoms with E-state index in [0.717, 1.165) is 35.6 Å². The number of benzene rings is 2. The van der Waals surface area contributed by atoms with Crippen molar-refractivity contribution in [2.24, 2.45) is 0 Å². The molecule has 0 radical (unpaired) electrons. The van der Waals surface area contributed by atoms with E-state index in [0.29, 0.717) is 12.5 Å². The molecule has 1 aliphatic rings. The second kappa shape index (κ2) is 9.40. The second-order valence-corrected chi connectivity index (χ2v) is 8.87. The van der Waals surface area contributed by atoms with Gasteiger partial charge in [0, 0.05) is 24.5 Å². The third kappa shape index (κ3) is 5.80. The van der Waals surface area contributed by atoms with E-state index in [4.69, 9.17) is 12.2 Å². The Balaban J connectivity index is 1.58. The highest BCUT2D eigenvalue weighted by molar-refractivity contribution is 7.80. The summed E-state index contributed by atoms with van der Waals surface area (Å²) in [6.07, 6.45) is 2.28. The van der Waals surface area contributed by atoms with Crippen LogP contribution in [0, 0.1) is 0 Å². The van der Waals surface area contributed by atoms with Gasteiger partial charge in [-0.15, -0.1) is 0 Å². The molecule has 0 spiro atoms. The summed E-state index contributed by atoms with van der Waals surface area (Å²) in [6.45, 7) is 7.34. The van der Waals surface area contributed by atoms with Crippen molar-refractivity contribution in [3.05, 3.63) is 71.8 Å². The normalized spacial score (nSPS) is 18.4. The number of nitrogens with one attached hydrogen (secondary N) is 2. The summed E-state index contributed by atoms with van der Waals surface area (Å²) in [7, 11) is 0. The molecule has 1 unspecified atom stereocenters. The van der Waals surface area contributed by atoms with Crippen LogP contribution in [0.4, 0.5) is 0 Å². The van der Waals surface area contributed by atoms with Crippen molar-refractivity contribution in [2.75, 3.05) is 6.54 Å². The van der Waals surface area contributed by atoms with Gasteiger partial charge in [0.2, 0.25) is 5.91 Å². The Morgan fingerprint density at radius 2 is 1.69 bits per heavy atom. The molecule has 3 rings (SSSR count). The summed E-state index contributed by atoms with van der Waals surface area (Å²) >= 11 is 5.54. The average molecular weight is 410 g/mol. The number of hydrogen-bond acceptors (Lipinski definition) is 2. The fourth-order valence-corrected chi connectivity index (χ4v) is 4.62. The molecule has 1 saturated heterocycles. The molecule has 2 aromatic rings. The smallest absolute Gasteiger partial charge is 0.220 e. The highest BCUT2D eigenvalue weighted by atomic mass is 32.1. The first-order valence-electron chi connectivity index (χ1n) is 10.3. The molecule has 29 heavy (non-hydrogen) atoms. The van der Waals surface area contributed by atoms with E-state index in [9.17, 15) is 4.79 Å². The van der Waals surface area contributed by atoms with Crippen LogP contribution in [0.15, 0.2) is 60.7 Å². The number of amides is 1. The quantitative estimate of drug-likeness (QED) is 0.665. The van der Waals surface area contributed by atoms with E-state index >= 15 is 0 Å². The van der Waals surface area contributed by atoms with Crippen molar-refractivity contribution in [1.29, 1.82) is 0 Å². The lowest BCUT2D eigenvalue weighted by atomic mass is 9.93. The summed E-state index contributed by atoms with van der Waals surface area (Å²) in [5.41, 5.74) is 2.21. The maximum atomic E-state index is 12.7. The Morgan fingerprint density at radius 1 is 1.14 bits per heavy atom. The van der Waals surface area contributed by atoms with Gasteiger partial charge in [-0.3, -0.25) is 4.79 Å². The molecule has 1 atom stereocenters. The molecule has 4 nitrogen and oxygen atoms in total. The standard InChI is InChI=1S/C24H31N3OS/c1-18-17-24(2,3)26-23(29)27(18)16-10-15-21(28)25-22(19-11-6-4-7-12-19)20-13-8-5-9-14-20/h4-9,11-14,18,22H,10,15-17H2,1-3H3,(H,25,28)(H,26,29). The molecule has 0 aromatic heterocycles. The lowest BCUT2D eigenvalue weighted by molar-refractivity contribution is -0.121. The third-order valence-corrected chi connectivity index (χ3v) is 5.75. The van der Waals surface area contributed by atoms with Gasteiger partial charge in [-0.1, -0.05) is 60.7 Å². The zero-order chi connectivity index (χ0) is 20.9. The number of carbonyl (C=O) groups excluding carboxylic acids is 1. The van der Waals surface area contributed by atoms with Gasteiger partial charge in [0.15, 0.2) is 5.11 Å². The molecule has 0 aliphatic carbocycles. The minimum atomic E-state index is -0.137. The van der Waals surface area contributed by atoms with Crippen molar-refractivity contribution >= 4 is 23.2 Å². The van der Waals surface area contributed by atoms with Gasteiger partial charge in [-0.05, 0) is 57.0 Å². The Bertz CT molecular complexity index is 783. The molecular weight excluding hydrogens is 378 g/mol. The van der Waals surface area contributed by atoms with Crippen LogP contribution >= 0.6 is 12.2 Å². The lowest BCUT2D eigenvalue weighted by Crippen LogP contribution is -2.60. The summed E-state index contributed by atoms with van der Waals surface area (Å²) in [4.78, 5) is 14.9. The van der Waals surface area contributed by atoms with Crippen LogP contribution in [0.2, 0.25) is 0 Å². The highest BCUT2D eigenvalue weighted by Gasteiger charge is 2.32.